The summed E-state index contributed by atoms with van der Waals surface area (Å²) >= 11 is 13.1. The van der Waals surface area contributed by atoms with E-state index >= 15 is 0 Å². The van der Waals surface area contributed by atoms with Gasteiger partial charge in [-0.05, 0) is 23.8 Å². The predicted octanol–water partition coefficient (Wildman–Crippen LogP) is 3.82. The Morgan fingerprint density at radius 3 is 2.87 bits per heavy atom. The van der Waals surface area contributed by atoms with Gasteiger partial charge in [-0.25, -0.2) is 4.98 Å². The molecule has 0 aliphatic carbocycles. The molecule has 0 fully saturated rings. The van der Waals surface area contributed by atoms with Crippen molar-refractivity contribution in [2.24, 2.45) is 0 Å². The summed E-state index contributed by atoms with van der Waals surface area (Å²) in [5, 5.41) is 5.69. The zero-order valence-corrected chi connectivity index (χ0v) is 14.3. The highest BCUT2D eigenvalue weighted by atomic mass is 35.5. The third-order valence-electron chi connectivity index (χ3n) is 2.71. The number of hydrogen-bond donors (Lipinski definition) is 1. The number of ether oxygens (including phenoxy) is 1. The van der Waals surface area contributed by atoms with Crippen LogP contribution < -0.4 is 5.32 Å². The largest absolute Gasteiger partial charge is 0.469 e. The van der Waals surface area contributed by atoms with Crippen molar-refractivity contribution in [2.45, 2.75) is 6.42 Å². The molecule has 0 spiro atoms. The van der Waals surface area contributed by atoms with Crippen LogP contribution in [0, 0.1) is 0 Å². The molecular formula is C15H12Cl2N2O3S. The van der Waals surface area contributed by atoms with Gasteiger partial charge >= 0.3 is 5.97 Å². The molecule has 120 valence electrons. The summed E-state index contributed by atoms with van der Waals surface area (Å²) in [4.78, 5) is 27.1. The number of anilines is 1. The summed E-state index contributed by atoms with van der Waals surface area (Å²) in [7, 11) is 1.31. The number of hydrogen-bond acceptors (Lipinski definition) is 5. The molecule has 0 atom stereocenters. The van der Waals surface area contributed by atoms with Gasteiger partial charge in [-0.1, -0.05) is 29.3 Å². The Labute approximate surface area is 146 Å². The minimum atomic E-state index is -0.384. The second kappa shape index (κ2) is 8.10. The number of rotatable bonds is 5. The Hall–Kier alpha value is -1.89. The molecule has 1 heterocycles. The minimum absolute atomic E-state index is 0.0685. The van der Waals surface area contributed by atoms with Crippen molar-refractivity contribution in [1.82, 2.24) is 4.98 Å². The summed E-state index contributed by atoms with van der Waals surface area (Å²) in [6, 6.07) is 5.00. The summed E-state index contributed by atoms with van der Waals surface area (Å²) in [5.74, 6) is -0.736. The van der Waals surface area contributed by atoms with Gasteiger partial charge in [-0.15, -0.1) is 11.3 Å². The Kier molecular flexibility index (Phi) is 6.15. The van der Waals surface area contributed by atoms with Crippen molar-refractivity contribution < 1.29 is 14.3 Å². The highest BCUT2D eigenvalue weighted by molar-refractivity contribution is 7.14. The van der Waals surface area contributed by atoms with Gasteiger partial charge in [-0.3, -0.25) is 14.9 Å². The highest BCUT2D eigenvalue weighted by Crippen LogP contribution is 2.22. The van der Waals surface area contributed by atoms with Gasteiger partial charge in [0, 0.05) is 21.5 Å². The first-order valence-corrected chi connectivity index (χ1v) is 8.07. The molecule has 23 heavy (non-hydrogen) atoms. The van der Waals surface area contributed by atoms with E-state index in [9.17, 15) is 9.59 Å². The van der Waals surface area contributed by atoms with Gasteiger partial charge < -0.3 is 4.74 Å². The van der Waals surface area contributed by atoms with Crippen LogP contribution >= 0.6 is 34.5 Å². The molecule has 0 saturated heterocycles. The summed E-state index contributed by atoms with van der Waals surface area (Å²) in [6.45, 7) is 0. The smallest absolute Gasteiger partial charge is 0.311 e. The zero-order chi connectivity index (χ0) is 16.8. The number of nitrogens with one attached hydrogen (secondary N) is 1. The number of carbonyl (C=O) groups excluding carboxylic acids is 2. The molecular weight excluding hydrogens is 359 g/mol. The van der Waals surface area contributed by atoms with Crippen LogP contribution in [0.25, 0.3) is 6.08 Å². The van der Waals surface area contributed by atoms with Gasteiger partial charge in [-0.2, -0.15) is 0 Å². The average molecular weight is 371 g/mol. The van der Waals surface area contributed by atoms with Crippen molar-refractivity contribution in [2.75, 3.05) is 12.4 Å². The van der Waals surface area contributed by atoms with E-state index in [0.29, 0.717) is 26.4 Å². The van der Waals surface area contributed by atoms with Crippen molar-refractivity contribution >= 4 is 57.6 Å². The number of thiazole rings is 1. The van der Waals surface area contributed by atoms with Crippen LogP contribution in [-0.2, 0) is 20.7 Å². The number of methoxy groups -OCH3 is 1. The third-order valence-corrected chi connectivity index (χ3v) is 4.08. The van der Waals surface area contributed by atoms with Crippen LogP contribution in [0.3, 0.4) is 0 Å². The van der Waals surface area contributed by atoms with E-state index in [2.05, 4.69) is 15.0 Å². The van der Waals surface area contributed by atoms with Gasteiger partial charge in [0.25, 0.3) is 0 Å². The summed E-state index contributed by atoms with van der Waals surface area (Å²) < 4.78 is 4.56. The molecule has 0 aliphatic rings. The maximum atomic E-state index is 11.9. The normalized spacial score (nSPS) is 10.7. The highest BCUT2D eigenvalue weighted by Gasteiger charge is 2.09. The molecule has 1 aromatic heterocycles. The standard InChI is InChI=1S/C15H12Cl2N2O3S/c1-22-14(21)7-11-8-23-15(18-11)19-13(20)5-3-9-2-4-10(16)6-12(9)17/h2-6,8H,7H2,1H3,(H,18,19,20)/b5-3+. The molecule has 2 rings (SSSR count). The first-order valence-electron chi connectivity index (χ1n) is 6.43. The van der Waals surface area contributed by atoms with Crippen LogP contribution in [0.1, 0.15) is 11.3 Å². The van der Waals surface area contributed by atoms with Crippen molar-refractivity contribution in [3.05, 3.63) is 51.0 Å². The third kappa shape index (κ3) is 5.35. The fourth-order valence-electron chi connectivity index (χ4n) is 1.61. The molecule has 1 N–H and O–H groups in total. The van der Waals surface area contributed by atoms with Crippen LogP contribution in [0.4, 0.5) is 5.13 Å². The van der Waals surface area contributed by atoms with E-state index in [4.69, 9.17) is 23.2 Å². The van der Waals surface area contributed by atoms with Crippen LogP contribution in [-0.4, -0.2) is 24.0 Å². The van der Waals surface area contributed by atoms with Gasteiger partial charge in [0.1, 0.15) is 0 Å². The monoisotopic (exact) mass is 370 g/mol. The maximum absolute atomic E-state index is 11.9. The molecule has 0 unspecified atom stereocenters. The maximum Gasteiger partial charge on any atom is 0.311 e. The molecule has 0 bridgehead atoms. The number of carbonyl (C=O) groups is 2. The summed E-state index contributed by atoms with van der Waals surface area (Å²) in [6.07, 6.45) is 2.99. The van der Waals surface area contributed by atoms with Crippen LogP contribution in [0.2, 0.25) is 10.0 Å². The number of halogens is 2. The van der Waals surface area contributed by atoms with E-state index in [1.165, 1.54) is 24.5 Å². The lowest BCUT2D eigenvalue weighted by Crippen LogP contribution is -2.08. The second-order valence-electron chi connectivity index (χ2n) is 4.39. The van der Waals surface area contributed by atoms with E-state index in [-0.39, 0.29) is 18.3 Å². The van der Waals surface area contributed by atoms with Crippen molar-refractivity contribution in [1.29, 1.82) is 0 Å². The number of nitrogens with zero attached hydrogens (tertiary/aromatic N) is 1. The molecule has 2 aromatic rings. The van der Waals surface area contributed by atoms with Crippen molar-refractivity contribution in [3.63, 3.8) is 0 Å². The van der Waals surface area contributed by atoms with E-state index < -0.39 is 0 Å². The molecule has 8 heteroatoms. The Morgan fingerprint density at radius 2 is 2.17 bits per heavy atom. The first kappa shape index (κ1) is 17.5. The lowest BCUT2D eigenvalue weighted by Gasteiger charge is -1.99. The number of benzene rings is 1. The number of esters is 1. The SMILES string of the molecule is COC(=O)Cc1csc(NC(=O)/C=C/c2ccc(Cl)cc2Cl)n1. The topological polar surface area (TPSA) is 68.3 Å². The summed E-state index contributed by atoms with van der Waals surface area (Å²) in [5.41, 5.74) is 1.22. The minimum Gasteiger partial charge on any atom is -0.469 e. The fraction of sp³-hybridized carbons (Fsp3) is 0.133. The van der Waals surface area contributed by atoms with Gasteiger partial charge in [0.15, 0.2) is 5.13 Å². The number of amides is 1. The Morgan fingerprint density at radius 1 is 1.39 bits per heavy atom. The molecule has 0 radical (unpaired) electrons. The number of aromatic nitrogens is 1. The molecule has 1 amide bonds. The van der Waals surface area contributed by atoms with E-state index in [1.807, 2.05) is 0 Å². The zero-order valence-electron chi connectivity index (χ0n) is 12.0. The fourth-order valence-corrected chi connectivity index (χ4v) is 2.80. The Balaban J connectivity index is 1.96. The van der Waals surface area contributed by atoms with Crippen LogP contribution in [0.15, 0.2) is 29.7 Å². The Bertz CT molecular complexity index is 759. The van der Waals surface area contributed by atoms with E-state index in [1.54, 1.807) is 29.7 Å². The van der Waals surface area contributed by atoms with Gasteiger partial charge in [0.05, 0.1) is 19.2 Å². The molecule has 0 saturated carbocycles. The molecule has 1 aromatic carbocycles. The van der Waals surface area contributed by atoms with Crippen molar-refractivity contribution in [3.8, 4) is 0 Å². The quantitative estimate of drug-likeness (QED) is 0.641. The lowest BCUT2D eigenvalue weighted by molar-refractivity contribution is -0.139. The predicted molar refractivity (Wildman–Crippen MR) is 92.0 cm³/mol. The molecule has 5 nitrogen and oxygen atoms in total. The average Bonchev–Trinajstić information content (AvgIpc) is 2.93. The van der Waals surface area contributed by atoms with Crippen LogP contribution in [0.5, 0.6) is 0 Å². The molecule has 0 aliphatic heterocycles. The lowest BCUT2D eigenvalue weighted by atomic mass is 10.2. The van der Waals surface area contributed by atoms with E-state index in [0.717, 1.165) is 0 Å². The first-order chi connectivity index (χ1) is 11.0. The van der Waals surface area contributed by atoms with Gasteiger partial charge in [0.2, 0.25) is 5.91 Å². The second-order valence-corrected chi connectivity index (χ2v) is 6.09.